The summed E-state index contributed by atoms with van der Waals surface area (Å²) in [6.45, 7) is 5.14. The molecule has 1 aromatic carbocycles. The lowest BCUT2D eigenvalue weighted by molar-refractivity contribution is 0.511. The quantitative estimate of drug-likeness (QED) is 0.833. The molecule has 0 bridgehead atoms. The molecule has 2 aromatic rings. The van der Waals surface area contributed by atoms with Crippen LogP contribution in [0.25, 0.3) is 10.4 Å². The molecule has 0 saturated heterocycles. The first kappa shape index (κ1) is 14.2. The Morgan fingerprint density at radius 3 is 2.74 bits per heavy atom. The standard InChI is InChI=1S/C15H17F2NS/c1-3-9-18-10(2)13-7-8-14(19-13)11-5-4-6-12(16)15(11)17/h4-8,10,18H,3,9H2,1-2H3. The molecule has 0 amide bonds. The molecule has 0 aliphatic rings. The van der Waals surface area contributed by atoms with Crippen molar-refractivity contribution in [3.05, 3.63) is 46.8 Å². The Hall–Kier alpha value is -1.26. The lowest BCUT2D eigenvalue weighted by atomic mass is 10.1. The van der Waals surface area contributed by atoms with Gasteiger partial charge in [0, 0.05) is 21.4 Å². The van der Waals surface area contributed by atoms with E-state index in [0.717, 1.165) is 28.8 Å². The molecule has 19 heavy (non-hydrogen) atoms. The monoisotopic (exact) mass is 281 g/mol. The van der Waals surface area contributed by atoms with Gasteiger partial charge in [0.1, 0.15) is 0 Å². The second kappa shape index (κ2) is 6.26. The number of hydrogen-bond acceptors (Lipinski definition) is 2. The van der Waals surface area contributed by atoms with E-state index < -0.39 is 11.6 Å². The normalized spacial score (nSPS) is 12.6. The molecule has 0 radical (unpaired) electrons. The Morgan fingerprint density at radius 1 is 1.21 bits per heavy atom. The third-order valence-corrected chi connectivity index (χ3v) is 4.27. The highest BCUT2D eigenvalue weighted by atomic mass is 32.1. The van der Waals surface area contributed by atoms with Crippen LogP contribution in [0, 0.1) is 11.6 Å². The van der Waals surface area contributed by atoms with Crippen LogP contribution >= 0.6 is 11.3 Å². The van der Waals surface area contributed by atoms with E-state index in [1.807, 2.05) is 12.1 Å². The van der Waals surface area contributed by atoms with Gasteiger partial charge in [-0.15, -0.1) is 11.3 Å². The van der Waals surface area contributed by atoms with E-state index in [4.69, 9.17) is 0 Å². The zero-order chi connectivity index (χ0) is 13.8. The average Bonchev–Trinajstić information content (AvgIpc) is 2.88. The first-order chi connectivity index (χ1) is 9.13. The van der Waals surface area contributed by atoms with Gasteiger partial charge in [0.2, 0.25) is 0 Å². The Labute approximate surface area is 116 Å². The largest absolute Gasteiger partial charge is 0.309 e. The summed E-state index contributed by atoms with van der Waals surface area (Å²) in [7, 11) is 0. The van der Waals surface area contributed by atoms with Gasteiger partial charge in [0.05, 0.1) is 0 Å². The minimum absolute atomic E-state index is 0.232. The summed E-state index contributed by atoms with van der Waals surface area (Å²) in [5.41, 5.74) is 0.332. The molecule has 0 aliphatic carbocycles. The Morgan fingerprint density at radius 2 is 2.00 bits per heavy atom. The molecule has 1 aromatic heterocycles. The second-order valence-corrected chi connectivity index (χ2v) is 5.59. The van der Waals surface area contributed by atoms with Crippen molar-refractivity contribution < 1.29 is 8.78 Å². The van der Waals surface area contributed by atoms with Gasteiger partial charge in [-0.3, -0.25) is 0 Å². The molecule has 0 aliphatic heterocycles. The van der Waals surface area contributed by atoms with Crippen LogP contribution in [0.15, 0.2) is 30.3 Å². The topological polar surface area (TPSA) is 12.0 Å². The number of rotatable bonds is 5. The summed E-state index contributed by atoms with van der Waals surface area (Å²) < 4.78 is 26.9. The van der Waals surface area contributed by atoms with Crippen molar-refractivity contribution in [2.24, 2.45) is 0 Å². The minimum Gasteiger partial charge on any atom is -0.309 e. The highest BCUT2D eigenvalue weighted by Crippen LogP contribution is 2.33. The van der Waals surface area contributed by atoms with Gasteiger partial charge in [0.25, 0.3) is 0 Å². The highest BCUT2D eigenvalue weighted by molar-refractivity contribution is 7.15. The van der Waals surface area contributed by atoms with Crippen LogP contribution in [0.3, 0.4) is 0 Å². The van der Waals surface area contributed by atoms with Crippen LogP contribution in [0.2, 0.25) is 0 Å². The van der Waals surface area contributed by atoms with Crippen LogP contribution in [0.1, 0.15) is 31.2 Å². The van der Waals surface area contributed by atoms with Gasteiger partial charge >= 0.3 is 0 Å². The number of nitrogens with one attached hydrogen (secondary N) is 1. The van der Waals surface area contributed by atoms with Crippen molar-refractivity contribution in [1.82, 2.24) is 5.32 Å². The van der Waals surface area contributed by atoms with Crippen molar-refractivity contribution in [2.75, 3.05) is 6.54 Å². The molecular formula is C15H17F2NS. The summed E-state index contributed by atoms with van der Waals surface area (Å²) >= 11 is 1.50. The minimum atomic E-state index is -0.801. The zero-order valence-corrected chi connectivity index (χ0v) is 11.9. The van der Waals surface area contributed by atoms with Crippen molar-refractivity contribution >= 4 is 11.3 Å². The maximum Gasteiger partial charge on any atom is 0.167 e. The van der Waals surface area contributed by atoms with E-state index in [0.29, 0.717) is 5.56 Å². The van der Waals surface area contributed by atoms with Gasteiger partial charge in [0.15, 0.2) is 11.6 Å². The molecular weight excluding hydrogens is 264 g/mol. The first-order valence-electron chi connectivity index (χ1n) is 6.41. The lowest BCUT2D eigenvalue weighted by Gasteiger charge is -2.10. The number of halogens is 2. The van der Waals surface area contributed by atoms with Crippen molar-refractivity contribution in [1.29, 1.82) is 0 Å². The molecule has 1 N–H and O–H groups in total. The molecule has 1 atom stereocenters. The van der Waals surface area contributed by atoms with Crippen LogP contribution in [0.5, 0.6) is 0 Å². The fourth-order valence-corrected chi connectivity index (χ4v) is 2.94. The molecule has 4 heteroatoms. The van der Waals surface area contributed by atoms with E-state index >= 15 is 0 Å². The molecule has 0 saturated carbocycles. The van der Waals surface area contributed by atoms with Crippen molar-refractivity contribution in [3.63, 3.8) is 0 Å². The first-order valence-corrected chi connectivity index (χ1v) is 7.22. The Bertz CT molecular complexity index is 551. The lowest BCUT2D eigenvalue weighted by Crippen LogP contribution is -2.18. The van der Waals surface area contributed by atoms with Gasteiger partial charge < -0.3 is 5.32 Å². The molecule has 1 heterocycles. The van der Waals surface area contributed by atoms with Crippen LogP contribution in [-0.4, -0.2) is 6.54 Å². The van der Waals surface area contributed by atoms with Crippen LogP contribution in [0.4, 0.5) is 8.78 Å². The fraction of sp³-hybridized carbons (Fsp3) is 0.333. The van der Waals surface area contributed by atoms with Crippen LogP contribution < -0.4 is 5.32 Å². The summed E-state index contributed by atoms with van der Waals surface area (Å²) in [5.74, 6) is -1.57. The fourth-order valence-electron chi connectivity index (χ4n) is 1.89. The molecule has 2 rings (SSSR count). The SMILES string of the molecule is CCCNC(C)c1ccc(-c2cccc(F)c2F)s1. The predicted molar refractivity (Wildman–Crippen MR) is 76.4 cm³/mol. The van der Waals surface area contributed by atoms with Crippen molar-refractivity contribution in [2.45, 2.75) is 26.3 Å². The van der Waals surface area contributed by atoms with E-state index in [1.165, 1.54) is 17.4 Å². The van der Waals surface area contributed by atoms with Crippen LogP contribution in [-0.2, 0) is 0 Å². The highest BCUT2D eigenvalue weighted by Gasteiger charge is 2.13. The Balaban J connectivity index is 2.23. The van der Waals surface area contributed by atoms with E-state index in [2.05, 4.69) is 19.2 Å². The third-order valence-electron chi connectivity index (χ3n) is 2.97. The number of thiophene rings is 1. The molecule has 0 fully saturated rings. The molecule has 1 unspecified atom stereocenters. The summed E-state index contributed by atoms with van der Waals surface area (Å²) in [5, 5.41) is 3.38. The third kappa shape index (κ3) is 3.19. The van der Waals surface area contributed by atoms with E-state index in [1.54, 1.807) is 6.07 Å². The summed E-state index contributed by atoms with van der Waals surface area (Å²) in [6, 6.07) is 8.33. The maximum atomic E-state index is 13.7. The smallest absolute Gasteiger partial charge is 0.167 e. The zero-order valence-electron chi connectivity index (χ0n) is 11.0. The van der Waals surface area contributed by atoms with Crippen molar-refractivity contribution in [3.8, 4) is 10.4 Å². The van der Waals surface area contributed by atoms with E-state index in [-0.39, 0.29) is 6.04 Å². The average molecular weight is 281 g/mol. The van der Waals surface area contributed by atoms with Gasteiger partial charge in [-0.1, -0.05) is 19.1 Å². The van der Waals surface area contributed by atoms with E-state index in [9.17, 15) is 8.78 Å². The molecule has 1 nitrogen and oxygen atoms in total. The van der Waals surface area contributed by atoms with Gasteiger partial charge in [-0.25, -0.2) is 8.78 Å². The van der Waals surface area contributed by atoms with Gasteiger partial charge in [-0.2, -0.15) is 0 Å². The Kier molecular flexibility index (Phi) is 4.66. The number of hydrogen-bond donors (Lipinski definition) is 1. The summed E-state index contributed by atoms with van der Waals surface area (Å²) in [4.78, 5) is 1.89. The maximum absolute atomic E-state index is 13.7. The predicted octanol–water partition coefficient (Wildman–Crippen LogP) is 4.75. The molecule has 0 spiro atoms. The molecule has 102 valence electrons. The van der Waals surface area contributed by atoms with Gasteiger partial charge in [-0.05, 0) is 38.1 Å². The second-order valence-electron chi connectivity index (χ2n) is 4.48. The number of benzene rings is 1. The summed E-state index contributed by atoms with van der Waals surface area (Å²) in [6.07, 6.45) is 1.07.